The zero-order chi connectivity index (χ0) is 12.5. The van der Waals surface area contributed by atoms with E-state index in [1.165, 1.54) is 6.20 Å². The Labute approximate surface area is 111 Å². The van der Waals surface area contributed by atoms with Crippen molar-refractivity contribution in [1.82, 2.24) is 9.88 Å². The van der Waals surface area contributed by atoms with Crippen LogP contribution >= 0.6 is 11.6 Å². The summed E-state index contributed by atoms with van der Waals surface area (Å²) < 4.78 is 5.71. The van der Waals surface area contributed by atoms with Crippen LogP contribution in [0.1, 0.15) is 29.6 Å². The largest absolute Gasteiger partial charge is 0.374 e. The number of carbonyl (C=O) groups excluding carboxylic acids is 1. The molecule has 18 heavy (non-hydrogen) atoms. The van der Waals surface area contributed by atoms with Gasteiger partial charge in [-0.05, 0) is 25.3 Å². The maximum absolute atomic E-state index is 12.5. The number of pyridine rings is 1. The quantitative estimate of drug-likeness (QED) is 0.782. The van der Waals surface area contributed by atoms with E-state index in [0.717, 1.165) is 19.3 Å². The van der Waals surface area contributed by atoms with Crippen molar-refractivity contribution in [2.75, 3.05) is 13.2 Å². The van der Waals surface area contributed by atoms with Gasteiger partial charge in [0, 0.05) is 18.9 Å². The molecule has 3 rings (SSSR count). The highest BCUT2D eigenvalue weighted by atomic mass is 35.5. The van der Waals surface area contributed by atoms with E-state index in [-0.39, 0.29) is 18.1 Å². The summed E-state index contributed by atoms with van der Waals surface area (Å²) >= 11 is 6.04. The minimum absolute atomic E-state index is 0.00241. The molecule has 0 N–H and O–H groups in total. The van der Waals surface area contributed by atoms with Crippen molar-refractivity contribution in [2.24, 2.45) is 0 Å². The summed E-state index contributed by atoms with van der Waals surface area (Å²) in [5.74, 6) is 0.00241. The van der Waals surface area contributed by atoms with Crippen LogP contribution in [0.5, 0.6) is 0 Å². The van der Waals surface area contributed by atoms with Crippen molar-refractivity contribution >= 4 is 17.5 Å². The van der Waals surface area contributed by atoms with Crippen LogP contribution < -0.4 is 0 Å². The lowest BCUT2D eigenvalue weighted by molar-refractivity contribution is -0.0445. The first-order valence-corrected chi connectivity index (χ1v) is 6.67. The molecule has 0 radical (unpaired) electrons. The number of aromatic nitrogens is 1. The normalized spacial score (nSPS) is 27.1. The second-order valence-electron chi connectivity index (χ2n) is 4.76. The number of amides is 1. The molecule has 5 heteroatoms. The second-order valence-corrected chi connectivity index (χ2v) is 5.17. The third kappa shape index (κ3) is 1.99. The van der Waals surface area contributed by atoms with Crippen LogP contribution in [0, 0.1) is 0 Å². The van der Waals surface area contributed by atoms with Gasteiger partial charge in [0.1, 0.15) is 0 Å². The second kappa shape index (κ2) is 4.86. The van der Waals surface area contributed by atoms with Gasteiger partial charge in [0.2, 0.25) is 0 Å². The third-order valence-corrected chi connectivity index (χ3v) is 4.05. The van der Waals surface area contributed by atoms with Gasteiger partial charge in [0.25, 0.3) is 5.91 Å². The summed E-state index contributed by atoms with van der Waals surface area (Å²) in [6.45, 7) is 1.27. The van der Waals surface area contributed by atoms with E-state index in [9.17, 15) is 4.79 Å². The highest BCUT2D eigenvalue weighted by molar-refractivity contribution is 6.33. The maximum Gasteiger partial charge on any atom is 0.255 e. The van der Waals surface area contributed by atoms with Crippen LogP contribution in [0.4, 0.5) is 0 Å². The minimum Gasteiger partial charge on any atom is -0.374 e. The number of hydrogen-bond acceptors (Lipinski definition) is 3. The Morgan fingerprint density at radius 1 is 1.50 bits per heavy atom. The van der Waals surface area contributed by atoms with E-state index in [1.807, 2.05) is 4.90 Å². The summed E-state index contributed by atoms with van der Waals surface area (Å²) in [6, 6.07) is 1.90. The first-order chi connectivity index (χ1) is 8.77. The number of fused-ring (bicyclic) bond motifs is 1. The molecule has 1 amide bonds. The molecular weight excluding hydrogens is 252 g/mol. The van der Waals surface area contributed by atoms with Crippen molar-refractivity contribution in [3.8, 4) is 0 Å². The van der Waals surface area contributed by atoms with Gasteiger partial charge in [-0.3, -0.25) is 9.78 Å². The summed E-state index contributed by atoms with van der Waals surface area (Å²) in [5.41, 5.74) is 0.541. The molecule has 4 nitrogen and oxygen atoms in total. The van der Waals surface area contributed by atoms with E-state index in [2.05, 4.69) is 4.98 Å². The van der Waals surface area contributed by atoms with E-state index in [0.29, 0.717) is 23.7 Å². The van der Waals surface area contributed by atoms with Gasteiger partial charge in [-0.1, -0.05) is 11.6 Å². The molecule has 2 aliphatic rings. The Morgan fingerprint density at radius 2 is 2.39 bits per heavy atom. The summed E-state index contributed by atoms with van der Waals surface area (Å²) in [4.78, 5) is 18.4. The van der Waals surface area contributed by atoms with Crippen molar-refractivity contribution < 1.29 is 9.53 Å². The van der Waals surface area contributed by atoms with Gasteiger partial charge in [-0.15, -0.1) is 0 Å². The van der Waals surface area contributed by atoms with E-state index in [4.69, 9.17) is 16.3 Å². The standard InChI is InChI=1S/C13H15ClN2O2/c14-10-8-15-5-4-9(10)13(17)16-6-7-18-12-3-1-2-11(12)16/h4-5,8,11-12H,1-3,6-7H2. The molecule has 2 heterocycles. The monoisotopic (exact) mass is 266 g/mol. The van der Waals surface area contributed by atoms with Crippen molar-refractivity contribution in [3.05, 3.63) is 29.0 Å². The van der Waals surface area contributed by atoms with Crippen LogP contribution in [0.2, 0.25) is 5.02 Å². The molecule has 1 aliphatic heterocycles. The predicted molar refractivity (Wildman–Crippen MR) is 67.7 cm³/mol. The van der Waals surface area contributed by atoms with Crippen LogP contribution in [0.15, 0.2) is 18.5 Å². The smallest absolute Gasteiger partial charge is 0.255 e. The highest BCUT2D eigenvalue weighted by Crippen LogP contribution is 2.31. The topological polar surface area (TPSA) is 42.4 Å². The fourth-order valence-electron chi connectivity index (χ4n) is 2.88. The number of halogens is 1. The number of nitrogens with zero attached hydrogens (tertiary/aromatic N) is 2. The average molecular weight is 267 g/mol. The number of carbonyl (C=O) groups is 1. The zero-order valence-corrected chi connectivity index (χ0v) is 10.8. The molecule has 96 valence electrons. The SMILES string of the molecule is O=C(c1ccncc1Cl)N1CCOC2CCCC21. The number of hydrogen-bond donors (Lipinski definition) is 0. The molecule has 0 aromatic carbocycles. The van der Waals surface area contributed by atoms with Gasteiger partial charge < -0.3 is 9.64 Å². The van der Waals surface area contributed by atoms with Crippen LogP contribution in [-0.2, 0) is 4.74 Å². The fraction of sp³-hybridized carbons (Fsp3) is 0.538. The molecule has 1 saturated heterocycles. The number of ether oxygens (including phenoxy) is 1. The number of morpholine rings is 1. The fourth-order valence-corrected chi connectivity index (χ4v) is 3.08. The lowest BCUT2D eigenvalue weighted by atomic mass is 10.1. The average Bonchev–Trinajstić information content (AvgIpc) is 2.86. The van der Waals surface area contributed by atoms with Gasteiger partial charge in [0.15, 0.2) is 0 Å². The lowest BCUT2D eigenvalue weighted by Gasteiger charge is -2.37. The van der Waals surface area contributed by atoms with E-state index >= 15 is 0 Å². The molecule has 1 aromatic rings. The van der Waals surface area contributed by atoms with E-state index in [1.54, 1.807) is 12.3 Å². The Morgan fingerprint density at radius 3 is 3.22 bits per heavy atom. The van der Waals surface area contributed by atoms with Crippen molar-refractivity contribution in [2.45, 2.75) is 31.4 Å². The molecule has 1 saturated carbocycles. The summed E-state index contributed by atoms with van der Waals surface area (Å²) in [5, 5.41) is 0.420. The molecular formula is C13H15ClN2O2. The molecule has 2 atom stereocenters. The molecule has 2 fully saturated rings. The number of rotatable bonds is 1. The molecule has 2 unspecified atom stereocenters. The Bertz CT molecular complexity index is 466. The van der Waals surface area contributed by atoms with Crippen molar-refractivity contribution in [3.63, 3.8) is 0 Å². The van der Waals surface area contributed by atoms with Gasteiger partial charge in [0.05, 0.1) is 29.3 Å². The Kier molecular flexibility index (Phi) is 3.22. The summed E-state index contributed by atoms with van der Waals surface area (Å²) in [6.07, 6.45) is 6.54. The maximum atomic E-state index is 12.5. The first-order valence-electron chi connectivity index (χ1n) is 6.29. The highest BCUT2D eigenvalue weighted by Gasteiger charge is 2.38. The van der Waals surface area contributed by atoms with Crippen LogP contribution in [0.3, 0.4) is 0 Å². The minimum atomic E-state index is 0.00241. The van der Waals surface area contributed by atoms with Crippen molar-refractivity contribution in [1.29, 1.82) is 0 Å². The van der Waals surface area contributed by atoms with Gasteiger partial charge in [-0.2, -0.15) is 0 Å². The third-order valence-electron chi connectivity index (χ3n) is 3.75. The first kappa shape index (κ1) is 11.9. The van der Waals surface area contributed by atoms with Crippen LogP contribution in [0.25, 0.3) is 0 Å². The Hall–Kier alpha value is -1.13. The molecule has 1 aromatic heterocycles. The predicted octanol–water partition coefficient (Wildman–Crippen LogP) is 2.13. The van der Waals surface area contributed by atoms with Gasteiger partial charge >= 0.3 is 0 Å². The van der Waals surface area contributed by atoms with E-state index < -0.39 is 0 Å². The lowest BCUT2D eigenvalue weighted by Crippen LogP contribution is -2.51. The molecule has 1 aliphatic carbocycles. The summed E-state index contributed by atoms with van der Waals surface area (Å²) in [7, 11) is 0. The van der Waals surface area contributed by atoms with Crippen LogP contribution in [-0.4, -0.2) is 41.1 Å². The zero-order valence-electron chi connectivity index (χ0n) is 10.0. The molecule has 0 bridgehead atoms. The van der Waals surface area contributed by atoms with Gasteiger partial charge in [-0.25, -0.2) is 0 Å². The molecule has 0 spiro atoms. The Balaban J connectivity index is 1.86.